The number of likely N-dealkylation sites (tertiary alicyclic amines) is 1. The second-order valence-corrected chi connectivity index (χ2v) is 12.7. The smallest absolute Gasteiger partial charge is 0.328 e. The van der Waals surface area contributed by atoms with Gasteiger partial charge in [0, 0.05) is 19.1 Å². The third-order valence-electron chi connectivity index (χ3n) is 9.54. The van der Waals surface area contributed by atoms with Crippen LogP contribution >= 0.6 is 0 Å². The first-order chi connectivity index (χ1) is 22.7. The van der Waals surface area contributed by atoms with Crippen LogP contribution in [0.5, 0.6) is 5.75 Å². The second kappa shape index (κ2) is 14.8. The van der Waals surface area contributed by atoms with E-state index in [2.05, 4.69) is 10.6 Å². The van der Waals surface area contributed by atoms with Gasteiger partial charge in [0.15, 0.2) is 0 Å². The van der Waals surface area contributed by atoms with Gasteiger partial charge in [-0.05, 0) is 67.3 Å². The van der Waals surface area contributed by atoms with E-state index in [0.717, 1.165) is 16.7 Å². The molecule has 0 bridgehead atoms. The van der Waals surface area contributed by atoms with Gasteiger partial charge >= 0.3 is 5.97 Å². The Balaban J connectivity index is 1.37. The molecule has 3 aromatic rings. The molecule has 1 heterocycles. The number of nitrogens with one attached hydrogen (secondary N) is 2. The van der Waals surface area contributed by atoms with Gasteiger partial charge in [0.25, 0.3) is 5.91 Å². The number of nitrogens with zero attached hydrogens (tertiary/aromatic N) is 1. The fraction of sp³-hybridized carbons (Fsp3) is 0.421. The van der Waals surface area contributed by atoms with E-state index < -0.39 is 23.3 Å². The highest BCUT2D eigenvalue weighted by Gasteiger charge is 2.50. The normalized spacial score (nSPS) is 20.1. The minimum absolute atomic E-state index is 0.0283. The lowest BCUT2D eigenvalue weighted by molar-refractivity contribution is -0.149. The Morgan fingerprint density at radius 3 is 2.23 bits per heavy atom. The molecular weight excluding hydrogens is 594 g/mol. The summed E-state index contributed by atoms with van der Waals surface area (Å²) in [5.41, 5.74) is 1.81. The fourth-order valence-electron chi connectivity index (χ4n) is 7.04. The maximum absolute atomic E-state index is 14.5. The summed E-state index contributed by atoms with van der Waals surface area (Å²) in [4.78, 5) is 56.4. The van der Waals surface area contributed by atoms with Gasteiger partial charge in [0.1, 0.15) is 11.8 Å². The third kappa shape index (κ3) is 6.89. The fourth-order valence-corrected chi connectivity index (χ4v) is 7.04. The lowest BCUT2D eigenvalue weighted by Gasteiger charge is -2.43. The Hall–Kier alpha value is -4.66. The van der Waals surface area contributed by atoms with Crippen molar-refractivity contribution in [2.24, 2.45) is 5.92 Å². The molecular formula is C38H45N3O6. The summed E-state index contributed by atoms with van der Waals surface area (Å²) < 4.78 is 10.7. The molecule has 5 rings (SSSR count). The van der Waals surface area contributed by atoms with Crippen LogP contribution in [-0.2, 0) is 24.5 Å². The van der Waals surface area contributed by atoms with Gasteiger partial charge in [-0.1, -0.05) is 80.6 Å². The molecule has 0 spiro atoms. The first-order valence-corrected chi connectivity index (χ1v) is 16.6. The molecule has 1 aliphatic heterocycles. The number of amides is 3. The number of benzene rings is 3. The number of esters is 1. The van der Waals surface area contributed by atoms with E-state index in [0.29, 0.717) is 50.1 Å². The van der Waals surface area contributed by atoms with Crippen molar-refractivity contribution in [2.75, 3.05) is 26.8 Å². The number of carbonyl (C=O) groups excluding carboxylic acids is 4. The molecule has 3 amide bonds. The van der Waals surface area contributed by atoms with Crippen molar-refractivity contribution in [1.29, 1.82) is 0 Å². The zero-order chi connectivity index (χ0) is 33.6. The molecule has 1 fully saturated rings. The Bertz CT molecular complexity index is 1580. The number of carbonyl (C=O) groups is 4. The van der Waals surface area contributed by atoms with Crippen LogP contribution in [-0.4, -0.2) is 67.5 Å². The molecule has 248 valence electrons. The Morgan fingerprint density at radius 1 is 0.894 bits per heavy atom. The molecule has 2 aliphatic rings. The van der Waals surface area contributed by atoms with Crippen molar-refractivity contribution >= 4 is 23.7 Å². The monoisotopic (exact) mass is 639 g/mol. The molecule has 3 atom stereocenters. The summed E-state index contributed by atoms with van der Waals surface area (Å²) >= 11 is 0. The number of ether oxygens (including phenoxy) is 2. The second-order valence-electron chi connectivity index (χ2n) is 12.7. The van der Waals surface area contributed by atoms with E-state index in [1.807, 2.05) is 79.4 Å². The summed E-state index contributed by atoms with van der Waals surface area (Å²) in [6.07, 6.45) is 2.15. The van der Waals surface area contributed by atoms with Gasteiger partial charge in [-0.2, -0.15) is 0 Å². The Morgan fingerprint density at radius 2 is 1.55 bits per heavy atom. The Labute approximate surface area is 277 Å². The quantitative estimate of drug-likeness (QED) is 0.303. The number of rotatable bonds is 10. The summed E-state index contributed by atoms with van der Waals surface area (Å²) in [5.74, 6) is -0.969. The number of piperidine rings is 1. The molecule has 0 saturated carbocycles. The van der Waals surface area contributed by atoms with Crippen molar-refractivity contribution in [3.8, 4) is 5.75 Å². The van der Waals surface area contributed by atoms with E-state index in [4.69, 9.17) is 9.47 Å². The topological polar surface area (TPSA) is 114 Å². The summed E-state index contributed by atoms with van der Waals surface area (Å²) in [6, 6.07) is 23.6. The number of hydrogen-bond donors (Lipinski definition) is 2. The minimum Gasteiger partial charge on any atom is -0.496 e. The molecule has 9 heteroatoms. The van der Waals surface area contributed by atoms with Crippen molar-refractivity contribution < 1.29 is 28.7 Å². The average molecular weight is 640 g/mol. The summed E-state index contributed by atoms with van der Waals surface area (Å²) in [6.45, 7) is 6.78. The van der Waals surface area contributed by atoms with Gasteiger partial charge in [0.2, 0.25) is 11.8 Å². The van der Waals surface area contributed by atoms with Gasteiger partial charge in [-0.3, -0.25) is 14.4 Å². The standard InChI is InChI=1S/C38H45N3O6/c1-5-47-36(44)33(25(2)3)40-37(45)38(26-13-7-6-8-14-26)22-19-29(28-15-9-11-17-31(28)38)35(43)41-23-20-27(21-24-41)39-34(42)30-16-10-12-18-32(30)46-4/h6-18,25,27,29,33H,5,19-24H2,1-4H3,(H,39,42)(H,40,45)/t29-,33-,38+/m0/s1. The SMILES string of the molecule is CCOC(=O)[C@@H](NC(=O)[C@@]1(c2ccccc2)CC[C@H](C(=O)N2CCC(NC(=O)c3ccccc3OC)CC2)c2ccccc21)C(C)C. The van der Waals surface area contributed by atoms with Crippen LogP contribution in [0.15, 0.2) is 78.9 Å². The van der Waals surface area contributed by atoms with Crippen LogP contribution < -0.4 is 15.4 Å². The number of methoxy groups -OCH3 is 1. The van der Waals surface area contributed by atoms with Crippen molar-refractivity contribution in [1.82, 2.24) is 15.5 Å². The first kappa shape index (κ1) is 33.7. The highest BCUT2D eigenvalue weighted by atomic mass is 16.5. The van der Waals surface area contributed by atoms with Crippen molar-refractivity contribution in [2.45, 2.75) is 69.9 Å². The maximum Gasteiger partial charge on any atom is 0.328 e. The highest BCUT2D eigenvalue weighted by Crippen LogP contribution is 2.48. The number of para-hydroxylation sites is 1. The zero-order valence-corrected chi connectivity index (χ0v) is 27.7. The Kier molecular flexibility index (Phi) is 10.6. The minimum atomic E-state index is -1.09. The van der Waals surface area contributed by atoms with E-state index in [-0.39, 0.29) is 36.3 Å². The summed E-state index contributed by atoms with van der Waals surface area (Å²) in [7, 11) is 1.54. The average Bonchev–Trinajstić information content (AvgIpc) is 3.10. The van der Waals surface area contributed by atoms with Crippen LogP contribution in [0.25, 0.3) is 0 Å². The van der Waals surface area contributed by atoms with Gasteiger partial charge in [-0.25, -0.2) is 4.79 Å². The van der Waals surface area contributed by atoms with Gasteiger partial charge in [-0.15, -0.1) is 0 Å². The molecule has 1 saturated heterocycles. The van der Waals surface area contributed by atoms with Crippen molar-refractivity contribution in [3.63, 3.8) is 0 Å². The summed E-state index contributed by atoms with van der Waals surface area (Å²) in [5, 5.41) is 6.16. The van der Waals surface area contributed by atoms with E-state index in [1.165, 1.54) is 0 Å². The number of fused-ring (bicyclic) bond motifs is 1. The molecule has 0 unspecified atom stereocenters. The first-order valence-electron chi connectivity index (χ1n) is 16.6. The predicted octanol–water partition coefficient (Wildman–Crippen LogP) is 4.98. The zero-order valence-electron chi connectivity index (χ0n) is 27.7. The number of hydrogen-bond acceptors (Lipinski definition) is 6. The van der Waals surface area contributed by atoms with E-state index in [9.17, 15) is 19.2 Å². The maximum atomic E-state index is 14.5. The molecule has 2 N–H and O–H groups in total. The molecule has 1 aliphatic carbocycles. The van der Waals surface area contributed by atoms with Crippen LogP contribution in [0.4, 0.5) is 0 Å². The van der Waals surface area contributed by atoms with Gasteiger partial charge in [0.05, 0.1) is 30.6 Å². The van der Waals surface area contributed by atoms with E-state index in [1.54, 1.807) is 32.2 Å². The van der Waals surface area contributed by atoms with Crippen LogP contribution in [0.3, 0.4) is 0 Å². The van der Waals surface area contributed by atoms with Crippen molar-refractivity contribution in [3.05, 3.63) is 101 Å². The lowest BCUT2D eigenvalue weighted by atomic mass is 9.62. The van der Waals surface area contributed by atoms with Crippen LogP contribution in [0.2, 0.25) is 0 Å². The molecule has 47 heavy (non-hydrogen) atoms. The molecule has 3 aromatic carbocycles. The highest BCUT2D eigenvalue weighted by molar-refractivity contribution is 5.98. The third-order valence-corrected chi connectivity index (χ3v) is 9.54. The largest absolute Gasteiger partial charge is 0.496 e. The van der Waals surface area contributed by atoms with E-state index >= 15 is 0 Å². The van der Waals surface area contributed by atoms with Crippen LogP contribution in [0.1, 0.15) is 79.4 Å². The predicted molar refractivity (Wildman–Crippen MR) is 179 cm³/mol. The van der Waals surface area contributed by atoms with Gasteiger partial charge < -0.3 is 25.0 Å². The molecule has 0 aromatic heterocycles. The van der Waals surface area contributed by atoms with Crippen LogP contribution in [0, 0.1) is 5.92 Å². The molecule has 9 nitrogen and oxygen atoms in total. The molecule has 0 radical (unpaired) electrons. The lowest BCUT2D eigenvalue weighted by Crippen LogP contribution is -2.55.